The maximum Gasteiger partial charge on any atom is 0.291 e. The number of anilines is 2. The van der Waals surface area contributed by atoms with E-state index >= 15 is 0 Å². The first kappa shape index (κ1) is 19.7. The van der Waals surface area contributed by atoms with Gasteiger partial charge >= 0.3 is 0 Å². The molecule has 0 bridgehead atoms. The molecule has 1 saturated heterocycles. The van der Waals surface area contributed by atoms with E-state index in [0.717, 1.165) is 31.9 Å². The molecule has 1 aliphatic heterocycles. The molecule has 0 saturated carbocycles. The predicted octanol–water partition coefficient (Wildman–Crippen LogP) is 2.44. The summed E-state index contributed by atoms with van der Waals surface area (Å²) < 4.78 is 5.66. The Hall–Kier alpha value is -3.65. The normalized spacial score (nSPS) is 14.5. The molecule has 1 amide bonds. The summed E-state index contributed by atoms with van der Waals surface area (Å²) in [5, 5.41) is 14.2. The monoisotopic (exact) mass is 407 g/mol. The first-order valence-corrected chi connectivity index (χ1v) is 9.83. The Morgan fingerprint density at radius 3 is 2.53 bits per heavy atom. The molecule has 4 rings (SSSR count). The molecule has 8 nitrogen and oxygen atoms in total. The summed E-state index contributed by atoms with van der Waals surface area (Å²) in [6.45, 7) is 3.92. The fourth-order valence-electron chi connectivity index (χ4n) is 3.61. The fraction of sp³-hybridized carbons (Fsp3) is 0.227. The lowest BCUT2D eigenvalue weighted by Crippen LogP contribution is -3.12. The van der Waals surface area contributed by atoms with Gasteiger partial charge in [0.15, 0.2) is 5.76 Å². The van der Waals surface area contributed by atoms with Crippen LogP contribution in [-0.2, 0) is 0 Å². The number of para-hydroxylation sites is 3. The number of nitrogens with one attached hydrogen (secondary N) is 2. The zero-order valence-corrected chi connectivity index (χ0v) is 16.6. The lowest BCUT2D eigenvalue weighted by atomic mass is 10.1. The Balaban J connectivity index is 1.55. The van der Waals surface area contributed by atoms with Gasteiger partial charge in [0.2, 0.25) is 0 Å². The van der Waals surface area contributed by atoms with E-state index in [1.807, 2.05) is 24.3 Å². The molecule has 1 aliphatic rings. The van der Waals surface area contributed by atoms with Gasteiger partial charge in [0.25, 0.3) is 11.6 Å². The zero-order chi connectivity index (χ0) is 21.1. The van der Waals surface area contributed by atoms with Crippen molar-refractivity contribution < 1.29 is 19.0 Å². The standard InChI is InChI=1S/C22H22N4O4/c1-24-12-14-25(15-13-24)19-9-5-3-7-17(19)23-22(27)21-11-10-20(30-21)16-6-2-4-8-18(16)26(28)29/h2-11H,12-15H2,1H3,(H,23,27)/p+1. The average Bonchev–Trinajstić information content (AvgIpc) is 3.25. The van der Waals surface area contributed by atoms with Crippen molar-refractivity contribution in [1.29, 1.82) is 0 Å². The number of benzene rings is 2. The van der Waals surface area contributed by atoms with E-state index < -0.39 is 10.8 Å². The largest absolute Gasteiger partial charge is 0.451 e. The molecule has 1 fully saturated rings. The van der Waals surface area contributed by atoms with Crippen molar-refractivity contribution in [3.63, 3.8) is 0 Å². The number of carbonyl (C=O) groups excluding carboxylic acids is 1. The Kier molecular flexibility index (Phi) is 5.49. The maximum atomic E-state index is 12.8. The van der Waals surface area contributed by atoms with Gasteiger partial charge in [-0.25, -0.2) is 0 Å². The van der Waals surface area contributed by atoms with Gasteiger partial charge in [-0.1, -0.05) is 24.3 Å². The number of hydrogen-bond acceptors (Lipinski definition) is 5. The van der Waals surface area contributed by atoms with Crippen LogP contribution in [0.25, 0.3) is 11.3 Å². The molecular formula is C22H23N4O4+. The van der Waals surface area contributed by atoms with Crippen molar-refractivity contribution in [3.05, 3.63) is 76.5 Å². The Bertz CT molecular complexity index is 1070. The topological polar surface area (TPSA) is 93.1 Å². The summed E-state index contributed by atoms with van der Waals surface area (Å²) in [7, 11) is 2.18. The molecule has 1 aromatic heterocycles. The molecule has 0 aliphatic carbocycles. The number of likely N-dealkylation sites (N-methyl/N-ethyl adjacent to an activating group) is 1. The first-order chi connectivity index (χ1) is 14.5. The lowest BCUT2D eigenvalue weighted by Gasteiger charge is -2.32. The Morgan fingerprint density at radius 1 is 1.07 bits per heavy atom. The Morgan fingerprint density at radius 2 is 1.77 bits per heavy atom. The van der Waals surface area contributed by atoms with Crippen molar-refractivity contribution in [2.24, 2.45) is 0 Å². The number of nitro groups is 1. The van der Waals surface area contributed by atoms with Crippen LogP contribution in [0.4, 0.5) is 17.1 Å². The second kappa shape index (κ2) is 8.38. The molecule has 8 heteroatoms. The summed E-state index contributed by atoms with van der Waals surface area (Å²) in [5.74, 6) is -0.0180. The SMILES string of the molecule is C[NH+]1CCN(c2ccccc2NC(=O)c2ccc(-c3ccccc3[N+](=O)[O-])o2)CC1. The summed E-state index contributed by atoms with van der Waals surface area (Å²) in [5.41, 5.74) is 1.96. The van der Waals surface area contributed by atoms with Gasteiger partial charge in [0, 0.05) is 6.07 Å². The minimum atomic E-state index is -0.467. The highest BCUT2D eigenvalue weighted by Crippen LogP contribution is 2.31. The molecular weight excluding hydrogens is 384 g/mol. The molecule has 0 atom stereocenters. The van der Waals surface area contributed by atoms with Gasteiger partial charge < -0.3 is 19.5 Å². The molecule has 30 heavy (non-hydrogen) atoms. The van der Waals surface area contributed by atoms with Crippen LogP contribution < -0.4 is 15.1 Å². The fourth-order valence-corrected chi connectivity index (χ4v) is 3.61. The van der Waals surface area contributed by atoms with E-state index in [1.54, 1.807) is 24.3 Å². The van der Waals surface area contributed by atoms with Crippen LogP contribution in [0.15, 0.2) is 65.1 Å². The number of furan rings is 1. The van der Waals surface area contributed by atoms with Crippen molar-refractivity contribution >= 4 is 23.0 Å². The molecule has 0 spiro atoms. The number of piperazine rings is 1. The average molecular weight is 407 g/mol. The first-order valence-electron chi connectivity index (χ1n) is 9.83. The van der Waals surface area contributed by atoms with E-state index in [0.29, 0.717) is 11.3 Å². The molecule has 2 heterocycles. The number of nitrogens with zero attached hydrogens (tertiary/aromatic N) is 2. The van der Waals surface area contributed by atoms with Gasteiger partial charge in [-0.2, -0.15) is 0 Å². The number of hydrogen-bond donors (Lipinski definition) is 2. The highest BCUT2D eigenvalue weighted by molar-refractivity contribution is 6.04. The van der Waals surface area contributed by atoms with Crippen LogP contribution in [0.2, 0.25) is 0 Å². The number of nitro benzene ring substituents is 1. The lowest BCUT2D eigenvalue weighted by molar-refractivity contribution is -0.880. The third-order valence-electron chi connectivity index (χ3n) is 5.31. The number of amides is 1. The summed E-state index contributed by atoms with van der Waals surface area (Å²) >= 11 is 0. The minimum absolute atomic E-state index is 0.0682. The number of carbonyl (C=O) groups is 1. The van der Waals surface area contributed by atoms with Crippen molar-refractivity contribution in [2.75, 3.05) is 43.4 Å². The van der Waals surface area contributed by atoms with E-state index in [-0.39, 0.29) is 17.2 Å². The summed E-state index contributed by atoms with van der Waals surface area (Å²) in [6, 6.07) is 17.1. The molecule has 2 N–H and O–H groups in total. The second-order valence-electron chi connectivity index (χ2n) is 7.35. The molecule has 154 valence electrons. The van der Waals surface area contributed by atoms with Crippen molar-refractivity contribution in [3.8, 4) is 11.3 Å². The van der Waals surface area contributed by atoms with E-state index in [2.05, 4.69) is 17.3 Å². The minimum Gasteiger partial charge on any atom is -0.451 e. The van der Waals surface area contributed by atoms with Gasteiger partial charge in [-0.3, -0.25) is 14.9 Å². The van der Waals surface area contributed by atoms with Gasteiger partial charge in [-0.15, -0.1) is 0 Å². The van der Waals surface area contributed by atoms with Crippen LogP contribution in [0, 0.1) is 10.1 Å². The van der Waals surface area contributed by atoms with Crippen LogP contribution in [0.1, 0.15) is 10.6 Å². The van der Waals surface area contributed by atoms with Gasteiger partial charge in [0.1, 0.15) is 5.76 Å². The van der Waals surface area contributed by atoms with E-state index in [1.165, 1.54) is 17.0 Å². The van der Waals surface area contributed by atoms with Crippen LogP contribution >= 0.6 is 0 Å². The van der Waals surface area contributed by atoms with Crippen LogP contribution in [0.3, 0.4) is 0 Å². The summed E-state index contributed by atoms with van der Waals surface area (Å²) in [6.07, 6.45) is 0. The number of rotatable bonds is 5. The highest BCUT2D eigenvalue weighted by atomic mass is 16.6. The van der Waals surface area contributed by atoms with Crippen LogP contribution in [0.5, 0.6) is 0 Å². The zero-order valence-electron chi connectivity index (χ0n) is 16.6. The Labute approximate surface area is 173 Å². The van der Waals surface area contributed by atoms with Crippen molar-refractivity contribution in [1.82, 2.24) is 0 Å². The van der Waals surface area contributed by atoms with Crippen molar-refractivity contribution in [2.45, 2.75) is 0 Å². The molecule has 3 aromatic rings. The smallest absolute Gasteiger partial charge is 0.291 e. The van der Waals surface area contributed by atoms with Crippen LogP contribution in [-0.4, -0.2) is 44.1 Å². The van der Waals surface area contributed by atoms with Gasteiger partial charge in [-0.05, 0) is 30.3 Å². The quantitative estimate of drug-likeness (QED) is 0.501. The predicted molar refractivity (Wildman–Crippen MR) is 114 cm³/mol. The molecule has 0 unspecified atom stereocenters. The third kappa shape index (κ3) is 4.04. The van der Waals surface area contributed by atoms with E-state index in [4.69, 9.17) is 4.42 Å². The second-order valence-corrected chi connectivity index (χ2v) is 7.35. The molecule has 0 radical (unpaired) electrons. The number of quaternary nitrogens is 1. The third-order valence-corrected chi connectivity index (χ3v) is 5.31. The maximum absolute atomic E-state index is 12.8. The molecule has 2 aromatic carbocycles. The highest BCUT2D eigenvalue weighted by Gasteiger charge is 2.22. The van der Waals surface area contributed by atoms with E-state index in [9.17, 15) is 14.9 Å². The summed E-state index contributed by atoms with van der Waals surface area (Å²) in [4.78, 5) is 27.4. The van der Waals surface area contributed by atoms with Gasteiger partial charge in [0.05, 0.1) is 55.1 Å².